The van der Waals surface area contributed by atoms with Gasteiger partial charge in [0.25, 0.3) is 5.91 Å². The first-order valence-electron chi connectivity index (χ1n) is 5.72. The van der Waals surface area contributed by atoms with Gasteiger partial charge < -0.3 is 10.0 Å². The van der Waals surface area contributed by atoms with Crippen molar-refractivity contribution in [1.82, 2.24) is 4.98 Å². The summed E-state index contributed by atoms with van der Waals surface area (Å²) in [4.78, 5) is 17.6. The van der Waals surface area contributed by atoms with Crippen LogP contribution < -0.4 is 4.90 Å². The highest BCUT2D eigenvalue weighted by molar-refractivity contribution is 6.04. The van der Waals surface area contributed by atoms with Crippen molar-refractivity contribution in [2.45, 2.75) is 6.61 Å². The van der Waals surface area contributed by atoms with Crippen LogP contribution in [-0.4, -0.2) is 23.0 Å². The number of aliphatic hydroxyl groups excluding tert-OH is 1. The number of hydrogen-bond donors (Lipinski definition) is 1. The van der Waals surface area contributed by atoms with E-state index in [-0.39, 0.29) is 24.0 Å². The Balaban J connectivity index is 2.25. The summed E-state index contributed by atoms with van der Waals surface area (Å²) < 4.78 is 12.8. The molecule has 1 amide bonds. The van der Waals surface area contributed by atoms with E-state index in [1.807, 2.05) is 0 Å². The number of nitrogens with zero attached hydrogens (tertiary/aromatic N) is 2. The zero-order valence-electron chi connectivity index (χ0n) is 10.4. The number of halogens is 1. The van der Waals surface area contributed by atoms with Crippen molar-refractivity contribution in [2.75, 3.05) is 11.9 Å². The van der Waals surface area contributed by atoms with Crippen molar-refractivity contribution in [3.05, 3.63) is 59.7 Å². The molecular formula is C14H13FN2O2. The third kappa shape index (κ3) is 2.95. The monoisotopic (exact) mass is 260 g/mol. The van der Waals surface area contributed by atoms with Crippen molar-refractivity contribution in [3.63, 3.8) is 0 Å². The molecule has 1 aromatic carbocycles. The Kier molecular flexibility index (Phi) is 3.87. The van der Waals surface area contributed by atoms with Gasteiger partial charge in [-0.25, -0.2) is 9.37 Å². The molecule has 1 aromatic heterocycles. The minimum Gasteiger partial charge on any atom is -0.390 e. The predicted octanol–water partition coefficient (Wildman–Crippen LogP) is 1.99. The van der Waals surface area contributed by atoms with Gasteiger partial charge in [0, 0.05) is 12.7 Å². The van der Waals surface area contributed by atoms with Gasteiger partial charge in [-0.2, -0.15) is 0 Å². The molecule has 2 rings (SSSR count). The van der Waals surface area contributed by atoms with Crippen molar-refractivity contribution >= 4 is 11.6 Å². The Bertz CT molecular complexity index is 584. The Morgan fingerprint density at radius 2 is 1.95 bits per heavy atom. The molecule has 5 heteroatoms. The summed E-state index contributed by atoms with van der Waals surface area (Å²) in [7, 11) is 1.59. The van der Waals surface area contributed by atoms with Crippen molar-refractivity contribution in [1.29, 1.82) is 0 Å². The number of pyridine rings is 1. The van der Waals surface area contributed by atoms with Gasteiger partial charge in [-0.15, -0.1) is 0 Å². The number of aromatic nitrogens is 1. The second-order valence-corrected chi connectivity index (χ2v) is 4.01. The van der Waals surface area contributed by atoms with E-state index in [2.05, 4.69) is 4.98 Å². The molecule has 19 heavy (non-hydrogen) atoms. The van der Waals surface area contributed by atoms with E-state index in [9.17, 15) is 9.18 Å². The number of amides is 1. The van der Waals surface area contributed by atoms with Crippen LogP contribution in [0, 0.1) is 5.82 Å². The second-order valence-electron chi connectivity index (χ2n) is 4.01. The van der Waals surface area contributed by atoms with Gasteiger partial charge in [0.2, 0.25) is 0 Å². The second kappa shape index (κ2) is 5.58. The van der Waals surface area contributed by atoms with Crippen LogP contribution in [0.2, 0.25) is 0 Å². The molecule has 0 aliphatic heterocycles. The van der Waals surface area contributed by atoms with Crippen LogP contribution in [0.4, 0.5) is 10.1 Å². The SMILES string of the molecule is CN(C(=O)c1cccc(CO)n1)c1ccc(F)cc1. The Labute approximate surface area is 110 Å². The maximum atomic E-state index is 12.8. The first kappa shape index (κ1) is 13.2. The highest BCUT2D eigenvalue weighted by Gasteiger charge is 2.15. The Hall–Kier alpha value is -2.27. The molecule has 0 spiro atoms. The van der Waals surface area contributed by atoms with Crippen LogP contribution in [-0.2, 0) is 6.61 Å². The maximum Gasteiger partial charge on any atom is 0.276 e. The molecule has 0 saturated heterocycles. The summed E-state index contributed by atoms with van der Waals surface area (Å²) in [6.07, 6.45) is 0. The topological polar surface area (TPSA) is 53.4 Å². The number of anilines is 1. The van der Waals surface area contributed by atoms with Crippen molar-refractivity contribution < 1.29 is 14.3 Å². The lowest BCUT2D eigenvalue weighted by Crippen LogP contribution is -2.27. The fourth-order valence-corrected chi connectivity index (χ4v) is 1.64. The smallest absolute Gasteiger partial charge is 0.276 e. The average molecular weight is 260 g/mol. The minimum atomic E-state index is -0.356. The third-order valence-electron chi connectivity index (χ3n) is 2.71. The normalized spacial score (nSPS) is 10.3. The van der Waals surface area contributed by atoms with Gasteiger partial charge >= 0.3 is 0 Å². The fourth-order valence-electron chi connectivity index (χ4n) is 1.64. The van der Waals surface area contributed by atoms with Crippen LogP contribution in [0.1, 0.15) is 16.2 Å². The van der Waals surface area contributed by atoms with Crippen LogP contribution in [0.5, 0.6) is 0 Å². The van der Waals surface area contributed by atoms with Gasteiger partial charge in [0.1, 0.15) is 11.5 Å². The van der Waals surface area contributed by atoms with Gasteiger partial charge in [-0.05, 0) is 36.4 Å². The molecule has 0 unspecified atom stereocenters. The van der Waals surface area contributed by atoms with E-state index in [0.29, 0.717) is 11.4 Å². The zero-order chi connectivity index (χ0) is 13.8. The number of benzene rings is 1. The molecule has 0 saturated carbocycles. The Morgan fingerprint density at radius 3 is 2.58 bits per heavy atom. The van der Waals surface area contributed by atoms with E-state index >= 15 is 0 Å². The van der Waals surface area contributed by atoms with E-state index in [4.69, 9.17) is 5.11 Å². The number of aliphatic hydroxyl groups is 1. The van der Waals surface area contributed by atoms with Gasteiger partial charge in [-0.3, -0.25) is 4.79 Å². The predicted molar refractivity (Wildman–Crippen MR) is 69.3 cm³/mol. The molecule has 0 aliphatic carbocycles. The van der Waals surface area contributed by atoms with Crippen LogP contribution in [0.25, 0.3) is 0 Å². The highest BCUT2D eigenvalue weighted by atomic mass is 19.1. The average Bonchev–Trinajstić information content (AvgIpc) is 2.46. The molecule has 98 valence electrons. The van der Waals surface area contributed by atoms with Crippen LogP contribution >= 0.6 is 0 Å². The standard InChI is InChI=1S/C14H13FN2O2/c1-17(12-7-5-10(15)6-8-12)14(19)13-4-2-3-11(9-18)16-13/h2-8,18H,9H2,1H3. The summed E-state index contributed by atoms with van der Waals surface area (Å²) in [6.45, 7) is -0.221. The lowest BCUT2D eigenvalue weighted by atomic mass is 10.2. The summed E-state index contributed by atoms with van der Waals surface area (Å²) in [5.41, 5.74) is 1.24. The van der Waals surface area contributed by atoms with E-state index in [1.165, 1.54) is 29.2 Å². The minimum absolute atomic E-state index is 0.221. The largest absolute Gasteiger partial charge is 0.390 e. The molecule has 4 nitrogen and oxygen atoms in total. The lowest BCUT2D eigenvalue weighted by molar-refractivity contribution is 0.0987. The van der Waals surface area contributed by atoms with E-state index < -0.39 is 0 Å². The Morgan fingerprint density at radius 1 is 1.26 bits per heavy atom. The summed E-state index contributed by atoms with van der Waals surface area (Å²) in [6, 6.07) is 10.5. The summed E-state index contributed by atoms with van der Waals surface area (Å²) >= 11 is 0. The molecule has 0 fully saturated rings. The van der Waals surface area contributed by atoms with Crippen LogP contribution in [0.15, 0.2) is 42.5 Å². The summed E-state index contributed by atoms with van der Waals surface area (Å²) in [5, 5.41) is 9.00. The number of carbonyl (C=O) groups excluding carboxylic acids is 1. The van der Waals surface area contributed by atoms with Gasteiger partial charge in [0.05, 0.1) is 12.3 Å². The number of rotatable bonds is 3. The molecule has 1 N–H and O–H groups in total. The van der Waals surface area contributed by atoms with Crippen LogP contribution in [0.3, 0.4) is 0 Å². The van der Waals surface area contributed by atoms with Crippen molar-refractivity contribution in [3.8, 4) is 0 Å². The highest BCUT2D eigenvalue weighted by Crippen LogP contribution is 2.15. The van der Waals surface area contributed by atoms with E-state index in [1.54, 1.807) is 25.2 Å². The summed E-state index contributed by atoms with van der Waals surface area (Å²) in [5.74, 6) is -0.674. The maximum absolute atomic E-state index is 12.8. The quantitative estimate of drug-likeness (QED) is 0.918. The fraction of sp³-hybridized carbons (Fsp3) is 0.143. The first-order chi connectivity index (χ1) is 9.11. The zero-order valence-corrected chi connectivity index (χ0v) is 10.4. The lowest BCUT2D eigenvalue weighted by Gasteiger charge is -2.17. The molecular weight excluding hydrogens is 247 g/mol. The molecule has 0 atom stereocenters. The molecule has 0 radical (unpaired) electrons. The van der Waals surface area contributed by atoms with Gasteiger partial charge in [-0.1, -0.05) is 6.07 Å². The molecule has 2 aromatic rings. The van der Waals surface area contributed by atoms with Crippen molar-refractivity contribution in [2.24, 2.45) is 0 Å². The number of hydrogen-bond acceptors (Lipinski definition) is 3. The van der Waals surface area contributed by atoms with E-state index in [0.717, 1.165) is 0 Å². The van der Waals surface area contributed by atoms with Gasteiger partial charge in [0.15, 0.2) is 0 Å². The third-order valence-corrected chi connectivity index (χ3v) is 2.71. The molecule has 0 aliphatic rings. The number of carbonyl (C=O) groups is 1. The molecule has 1 heterocycles. The molecule has 0 bridgehead atoms. The first-order valence-corrected chi connectivity index (χ1v) is 5.72.